The molecule has 0 aromatic carbocycles. The summed E-state index contributed by atoms with van der Waals surface area (Å²) in [6.45, 7) is 1.95. The number of carbonyl (C=O) groups is 2. The van der Waals surface area contributed by atoms with Gasteiger partial charge in [0.15, 0.2) is 4.34 Å². The standard InChI is InChI=1S/C11H12N2O3S2/c1-3-4-12-10(16)7(2)18-11-13-8(6-17-11)5-9(14)15/h1,6-7H,4-5H2,2H3,(H,12,16)(H,14,15). The third kappa shape index (κ3) is 4.77. The van der Waals surface area contributed by atoms with Gasteiger partial charge in [0.1, 0.15) is 0 Å². The minimum Gasteiger partial charge on any atom is -0.481 e. The molecule has 1 heterocycles. The van der Waals surface area contributed by atoms with Gasteiger partial charge in [0.2, 0.25) is 5.91 Å². The number of carboxylic acid groups (broad SMARTS) is 1. The smallest absolute Gasteiger partial charge is 0.309 e. The van der Waals surface area contributed by atoms with Crippen LogP contribution in [0.4, 0.5) is 0 Å². The van der Waals surface area contributed by atoms with Gasteiger partial charge in [-0.3, -0.25) is 9.59 Å². The number of carbonyl (C=O) groups excluding carboxylic acids is 1. The summed E-state index contributed by atoms with van der Waals surface area (Å²) in [7, 11) is 0. The van der Waals surface area contributed by atoms with Crippen molar-refractivity contribution in [2.24, 2.45) is 0 Å². The van der Waals surface area contributed by atoms with E-state index < -0.39 is 5.97 Å². The first-order valence-corrected chi connectivity index (χ1v) is 6.83. The molecule has 1 amide bonds. The number of nitrogens with zero attached hydrogens (tertiary/aromatic N) is 1. The first kappa shape index (κ1) is 14.5. The van der Waals surface area contributed by atoms with Crippen LogP contribution in [0.2, 0.25) is 0 Å². The molecule has 2 N–H and O–H groups in total. The number of thiazole rings is 1. The van der Waals surface area contributed by atoms with E-state index in [2.05, 4.69) is 16.2 Å². The molecule has 0 aliphatic heterocycles. The summed E-state index contributed by atoms with van der Waals surface area (Å²) in [5, 5.41) is 12.6. The van der Waals surface area contributed by atoms with E-state index >= 15 is 0 Å². The fraction of sp³-hybridized carbons (Fsp3) is 0.364. The molecule has 1 unspecified atom stereocenters. The summed E-state index contributed by atoms with van der Waals surface area (Å²) in [6.07, 6.45) is 4.94. The van der Waals surface area contributed by atoms with Gasteiger partial charge in [-0.25, -0.2) is 4.98 Å². The van der Waals surface area contributed by atoms with Crippen molar-refractivity contribution in [3.8, 4) is 12.3 Å². The minimum atomic E-state index is -0.920. The number of amides is 1. The van der Waals surface area contributed by atoms with Crippen molar-refractivity contribution in [2.45, 2.75) is 22.9 Å². The second-order valence-electron chi connectivity index (χ2n) is 3.36. The van der Waals surface area contributed by atoms with Crippen molar-refractivity contribution in [3.05, 3.63) is 11.1 Å². The van der Waals surface area contributed by atoms with Crippen LogP contribution in [0, 0.1) is 12.3 Å². The molecule has 0 fully saturated rings. The molecule has 7 heteroatoms. The highest BCUT2D eigenvalue weighted by Gasteiger charge is 2.16. The first-order valence-electron chi connectivity index (χ1n) is 5.07. The van der Waals surface area contributed by atoms with Crippen LogP contribution in [-0.4, -0.2) is 33.8 Å². The molecule has 0 aliphatic rings. The highest BCUT2D eigenvalue weighted by atomic mass is 32.2. The van der Waals surface area contributed by atoms with E-state index in [1.165, 1.54) is 23.1 Å². The molecule has 1 aromatic heterocycles. The lowest BCUT2D eigenvalue weighted by molar-refractivity contribution is -0.136. The lowest BCUT2D eigenvalue weighted by atomic mass is 10.3. The van der Waals surface area contributed by atoms with E-state index in [1.54, 1.807) is 12.3 Å². The molecule has 5 nitrogen and oxygen atoms in total. The summed E-state index contributed by atoms with van der Waals surface area (Å²) in [5.41, 5.74) is 0.506. The molecule has 96 valence electrons. The fourth-order valence-electron chi connectivity index (χ4n) is 1.07. The van der Waals surface area contributed by atoms with Crippen molar-refractivity contribution < 1.29 is 14.7 Å². The van der Waals surface area contributed by atoms with Crippen LogP contribution in [0.25, 0.3) is 0 Å². The lowest BCUT2D eigenvalue weighted by Crippen LogP contribution is -2.30. The van der Waals surface area contributed by atoms with Crippen molar-refractivity contribution in [3.63, 3.8) is 0 Å². The maximum Gasteiger partial charge on any atom is 0.309 e. The van der Waals surface area contributed by atoms with Gasteiger partial charge in [0.25, 0.3) is 0 Å². The highest BCUT2D eigenvalue weighted by Crippen LogP contribution is 2.26. The molecule has 1 rings (SSSR count). The molecule has 0 saturated carbocycles. The van der Waals surface area contributed by atoms with Crippen molar-refractivity contribution in [1.29, 1.82) is 0 Å². The topological polar surface area (TPSA) is 79.3 Å². The maximum absolute atomic E-state index is 11.5. The molecule has 1 aromatic rings. The normalized spacial score (nSPS) is 11.6. The van der Waals surface area contributed by atoms with Gasteiger partial charge >= 0.3 is 5.97 Å². The number of thioether (sulfide) groups is 1. The van der Waals surface area contributed by atoms with Gasteiger partial charge in [0, 0.05) is 5.38 Å². The minimum absolute atomic E-state index is 0.102. The van der Waals surface area contributed by atoms with Crippen molar-refractivity contribution in [1.82, 2.24) is 10.3 Å². The van der Waals surface area contributed by atoms with Crippen LogP contribution in [0.5, 0.6) is 0 Å². The molecule has 1 atom stereocenters. The second-order valence-corrected chi connectivity index (χ2v) is 5.80. The van der Waals surface area contributed by atoms with Crippen LogP contribution in [0.15, 0.2) is 9.72 Å². The Morgan fingerprint density at radius 2 is 2.44 bits per heavy atom. The Hall–Kier alpha value is -1.52. The summed E-state index contributed by atoms with van der Waals surface area (Å²) >= 11 is 2.61. The van der Waals surface area contributed by atoms with Gasteiger partial charge in [-0.2, -0.15) is 0 Å². The van der Waals surface area contributed by atoms with Gasteiger partial charge in [-0.15, -0.1) is 17.8 Å². The van der Waals surface area contributed by atoms with E-state index in [0.29, 0.717) is 10.0 Å². The Bertz CT molecular complexity index is 479. The van der Waals surface area contributed by atoms with E-state index in [4.69, 9.17) is 11.5 Å². The average Bonchev–Trinajstić information content (AvgIpc) is 2.72. The second kappa shape index (κ2) is 7.03. The van der Waals surface area contributed by atoms with Crippen molar-refractivity contribution in [2.75, 3.05) is 6.54 Å². The quantitative estimate of drug-likeness (QED) is 0.602. The Morgan fingerprint density at radius 1 is 1.72 bits per heavy atom. The summed E-state index contributed by atoms with van der Waals surface area (Å²) in [5.74, 6) is 1.24. The predicted octanol–water partition coefficient (Wildman–Crippen LogP) is 1.00. The molecule has 0 radical (unpaired) electrons. The maximum atomic E-state index is 11.5. The Labute approximate surface area is 113 Å². The largest absolute Gasteiger partial charge is 0.481 e. The molecule has 0 spiro atoms. The van der Waals surface area contributed by atoms with E-state index in [1.807, 2.05) is 0 Å². The zero-order valence-corrected chi connectivity index (χ0v) is 11.3. The zero-order valence-electron chi connectivity index (χ0n) is 9.67. The number of carboxylic acids is 1. The molecule has 0 aliphatic carbocycles. The Kier molecular flexibility index (Phi) is 5.68. The number of aromatic nitrogens is 1. The summed E-state index contributed by atoms with van der Waals surface area (Å²) in [4.78, 5) is 26.2. The highest BCUT2D eigenvalue weighted by molar-refractivity contribution is 8.02. The van der Waals surface area contributed by atoms with Gasteiger partial charge < -0.3 is 10.4 Å². The average molecular weight is 284 g/mol. The van der Waals surface area contributed by atoms with Crippen LogP contribution in [0.1, 0.15) is 12.6 Å². The third-order valence-corrected chi connectivity index (χ3v) is 4.00. The van der Waals surface area contributed by atoms with Crippen LogP contribution in [-0.2, 0) is 16.0 Å². The number of terminal acetylenes is 1. The molecule has 0 saturated heterocycles. The number of rotatable bonds is 6. The van der Waals surface area contributed by atoms with E-state index in [-0.39, 0.29) is 24.1 Å². The third-order valence-electron chi connectivity index (χ3n) is 1.87. The number of hydrogen-bond donors (Lipinski definition) is 2. The fourth-order valence-corrected chi connectivity index (χ4v) is 3.07. The van der Waals surface area contributed by atoms with E-state index in [9.17, 15) is 9.59 Å². The first-order chi connectivity index (χ1) is 8.52. The monoisotopic (exact) mass is 284 g/mol. The summed E-state index contributed by atoms with van der Waals surface area (Å²) in [6, 6.07) is 0. The van der Waals surface area contributed by atoms with Gasteiger partial charge in [-0.1, -0.05) is 17.7 Å². The summed E-state index contributed by atoms with van der Waals surface area (Å²) < 4.78 is 0.676. The predicted molar refractivity (Wildman–Crippen MR) is 70.6 cm³/mol. The van der Waals surface area contributed by atoms with Crippen LogP contribution >= 0.6 is 23.1 Å². The Balaban J connectivity index is 2.51. The number of nitrogens with one attached hydrogen (secondary N) is 1. The van der Waals surface area contributed by atoms with Crippen molar-refractivity contribution >= 4 is 35.0 Å². The number of hydrogen-bond acceptors (Lipinski definition) is 5. The SMILES string of the molecule is C#CCNC(=O)C(C)Sc1nc(CC(=O)O)cs1. The lowest BCUT2D eigenvalue weighted by Gasteiger charge is -2.07. The zero-order chi connectivity index (χ0) is 13.5. The van der Waals surface area contributed by atoms with Gasteiger partial charge in [0.05, 0.1) is 23.9 Å². The molecular formula is C11H12N2O3S2. The Morgan fingerprint density at radius 3 is 3.06 bits per heavy atom. The van der Waals surface area contributed by atoms with E-state index in [0.717, 1.165) is 0 Å². The van der Waals surface area contributed by atoms with Crippen LogP contribution < -0.4 is 5.32 Å². The number of aliphatic carboxylic acids is 1. The van der Waals surface area contributed by atoms with Crippen LogP contribution in [0.3, 0.4) is 0 Å². The molecule has 18 heavy (non-hydrogen) atoms. The molecular weight excluding hydrogens is 272 g/mol. The molecule has 0 bridgehead atoms. The van der Waals surface area contributed by atoms with Gasteiger partial charge in [-0.05, 0) is 6.92 Å².